The molecule has 0 spiro atoms. The van der Waals surface area contributed by atoms with Crippen LogP contribution in [0.4, 0.5) is 0 Å². The molecule has 0 N–H and O–H groups in total. The first-order valence-corrected chi connectivity index (χ1v) is 12.3. The van der Waals surface area contributed by atoms with E-state index in [1.54, 1.807) is 16.4 Å². The van der Waals surface area contributed by atoms with Crippen molar-refractivity contribution in [1.82, 2.24) is 14.4 Å². The van der Waals surface area contributed by atoms with E-state index in [0.29, 0.717) is 22.5 Å². The van der Waals surface area contributed by atoms with Gasteiger partial charge < -0.3 is 4.52 Å². The van der Waals surface area contributed by atoms with Crippen molar-refractivity contribution < 1.29 is 12.9 Å². The minimum Gasteiger partial charge on any atom is -0.338 e. The van der Waals surface area contributed by atoms with Crippen molar-refractivity contribution in [3.8, 4) is 11.4 Å². The molecule has 1 aliphatic carbocycles. The molecule has 1 fully saturated rings. The predicted molar refractivity (Wildman–Crippen MR) is 120 cm³/mol. The molecule has 3 aromatic rings. The lowest BCUT2D eigenvalue weighted by atomic mass is 10.0. The summed E-state index contributed by atoms with van der Waals surface area (Å²) in [7, 11) is -3.68. The molecule has 0 bridgehead atoms. The molecular formula is C24H29N3O3S. The third kappa shape index (κ3) is 4.72. The van der Waals surface area contributed by atoms with E-state index in [1.807, 2.05) is 43.3 Å². The van der Waals surface area contributed by atoms with Gasteiger partial charge in [0.2, 0.25) is 21.7 Å². The van der Waals surface area contributed by atoms with Crippen molar-refractivity contribution in [3.63, 3.8) is 0 Å². The van der Waals surface area contributed by atoms with Gasteiger partial charge in [-0.25, -0.2) is 8.42 Å². The van der Waals surface area contributed by atoms with Gasteiger partial charge in [-0.2, -0.15) is 9.29 Å². The molecule has 0 saturated heterocycles. The lowest BCUT2D eigenvalue weighted by Gasteiger charge is -2.26. The van der Waals surface area contributed by atoms with Crippen LogP contribution in [0, 0.1) is 6.92 Å². The summed E-state index contributed by atoms with van der Waals surface area (Å²) in [6, 6.07) is 15.0. The summed E-state index contributed by atoms with van der Waals surface area (Å²) >= 11 is 0. The topological polar surface area (TPSA) is 76.3 Å². The number of sulfonamides is 1. The number of aryl methyl sites for hydroxylation is 1. The monoisotopic (exact) mass is 439 g/mol. The van der Waals surface area contributed by atoms with Gasteiger partial charge in [0.1, 0.15) is 0 Å². The SMILES string of the molecule is Cc1cccc(-c2noc(CN(C3CCCC3)S(=O)(=O)c3ccc(C(C)C)cc3)n2)c1. The zero-order valence-corrected chi connectivity index (χ0v) is 19.1. The zero-order chi connectivity index (χ0) is 22.0. The maximum absolute atomic E-state index is 13.6. The molecule has 7 heteroatoms. The van der Waals surface area contributed by atoms with E-state index >= 15 is 0 Å². The van der Waals surface area contributed by atoms with Crippen molar-refractivity contribution >= 4 is 10.0 Å². The Balaban J connectivity index is 1.63. The molecule has 1 saturated carbocycles. The number of benzene rings is 2. The van der Waals surface area contributed by atoms with Gasteiger partial charge in [-0.05, 0) is 49.4 Å². The third-order valence-electron chi connectivity index (χ3n) is 5.92. The molecule has 2 aromatic carbocycles. The Morgan fingerprint density at radius 2 is 1.81 bits per heavy atom. The molecule has 0 atom stereocenters. The number of nitrogens with zero attached hydrogens (tertiary/aromatic N) is 3. The van der Waals surface area contributed by atoms with Crippen molar-refractivity contribution in [1.29, 1.82) is 0 Å². The van der Waals surface area contributed by atoms with Crippen molar-refractivity contribution in [2.45, 2.75) is 69.9 Å². The molecule has 31 heavy (non-hydrogen) atoms. The predicted octanol–water partition coefficient (Wildman–Crippen LogP) is 5.30. The highest BCUT2D eigenvalue weighted by atomic mass is 32.2. The second-order valence-corrected chi connectivity index (χ2v) is 10.5. The summed E-state index contributed by atoms with van der Waals surface area (Å²) in [5.41, 5.74) is 3.07. The van der Waals surface area contributed by atoms with Gasteiger partial charge in [0.25, 0.3) is 0 Å². The highest BCUT2D eigenvalue weighted by Crippen LogP contribution is 2.31. The summed E-state index contributed by atoms with van der Waals surface area (Å²) in [6.45, 7) is 6.27. The first kappa shape index (κ1) is 21.7. The average Bonchev–Trinajstić information content (AvgIpc) is 3.44. The first-order chi connectivity index (χ1) is 14.8. The Bertz CT molecular complexity index is 1130. The fourth-order valence-corrected chi connectivity index (χ4v) is 5.75. The molecule has 1 aliphatic rings. The summed E-state index contributed by atoms with van der Waals surface area (Å²) < 4.78 is 34.1. The molecule has 0 radical (unpaired) electrons. The molecule has 0 unspecified atom stereocenters. The normalized spacial score (nSPS) is 15.3. The smallest absolute Gasteiger partial charge is 0.243 e. The molecule has 4 rings (SSSR count). The quantitative estimate of drug-likeness (QED) is 0.499. The average molecular weight is 440 g/mol. The van der Waals surface area contributed by atoms with E-state index in [-0.39, 0.29) is 12.6 Å². The summed E-state index contributed by atoms with van der Waals surface area (Å²) in [4.78, 5) is 4.80. The van der Waals surface area contributed by atoms with Crippen LogP contribution in [-0.4, -0.2) is 28.9 Å². The van der Waals surface area contributed by atoms with Crippen LogP contribution >= 0.6 is 0 Å². The van der Waals surface area contributed by atoms with E-state index in [1.165, 1.54) is 0 Å². The molecule has 6 nitrogen and oxygen atoms in total. The van der Waals surface area contributed by atoms with E-state index in [4.69, 9.17) is 4.52 Å². The summed E-state index contributed by atoms with van der Waals surface area (Å²) in [6.07, 6.45) is 3.76. The van der Waals surface area contributed by atoms with Gasteiger partial charge in [0, 0.05) is 11.6 Å². The van der Waals surface area contributed by atoms with Gasteiger partial charge in [-0.15, -0.1) is 0 Å². The number of rotatable bonds is 7. The minimum absolute atomic E-state index is 0.0518. The van der Waals surface area contributed by atoms with Crippen LogP contribution in [0.5, 0.6) is 0 Å². The van der Waals surface area contributed by atoms with Crippen molar-refractivity contribution in [2.75, 3.05) is 0 Å². The van der Waals surface area contributed by atoms with Crippen LogP contribution in [0.1, 0.15) is 62.5 Å². The van der Waals surface area contributed by atoms with Crippen LogP contribution in [-0.2, 0) is 16.6 Å². The highest BCUT2D eigenvalue weighted by Gasteiger charge is 2.34. The van der Waals surface area contributed by atoms with E-state index in [2.05, 4.69) is 24.0 Å². The molecule has 164 valence electrons. The van der Waals surface area contributed by atoms with Crippen molar-refractivity contribution in [2.24, 2.45) is 0 Å². The number of hydrogen-bond acceptors (Lipinski definition) is 5. The van der Waals surface area contributed by atoms with E-state index in [0.717, 1.165) is 42.4 Å². The Morgan fingerprint density at radius 3 is 2.45 bits per heavy atom. The van der Waals surface area contributed by atoms with Crippen molar-refractivity contribution in [3.05, 3.63) is 65.5 Å². The maximum atomic E-state index is 13.6. The van der Waals surface area contributed by atoms with Gasteiger partial charge in [-0.1, -0.05) is 67.7 Å². The van der Waals surface area contributed by atoms with E-state index in [9.17, 15) is 8.42 Å². The number of hydrogen-bond donors (Lipinski definition) is 0. The third-order valence-corrected chi connectivity index (χ3v) is 7.83. The zero-order valence-electron chi connectivity index (χ0n) is 18.3. The Kier molecular flexibility index (Phi) is 6.25. The van der Waals surface area contributed by atoms with Gasteiger partial charge in [0.15, 0.2) is 0 Å². The second kappa shape index (κ2) is 8.93. The molecule has 1 heterocycles. The maximum Gasteiger partial charge on any atom is 0.243 e. The highest BCUT2D eigenvalue weighted by molar-refractivity contribution is 7.89. The fourth-order valence-electron chi connectivity index (χ4n) is 4.12. The van der Waals surface area contributed by atoms with Crippen LogP contribution in [0.3, 0.4) is 0 Å². The van der Waals surface area contributed by atoms with Crippen LogP contribution < -0.4 is 0 Å². The summed E-state index contributed by atoms with van der Waals surface area (Å²) in [5.74, 6) is 1.13. The van der Waals surface area contributed by atoms with Crippen LogP contribution in [0.25, 0.3) is 11.4 Å². The van der Waals surface area contributed by atoms with Gasteiger partial charge in [-0.3, -0.25) is 0 Å². The summed E-state index contributed by atoms with van der Waals surface area (Å²) in [5, 5.41) is 4.09. The number of aromatic nitrogens is 2. The van der Waals surface area contributed by atoms with Gasteiger partial charge in [0.05, 0.1) is 11.4 Å². The molecular weight excluding hydrogens is 410 g/mol. The van der Waals surface area contributed by atoms with Crippen LogP contribution in [0.2, 0.25) is 0 Å². The first-order valence-electron chi connectivity index (χ1n) is 10.9. The van der Waals surface area contributed by atoms with Gasteiger partial charge >= 0.3 is 0 Å². The molecule has 0 aliphatic heterocycles. The standard InChI is InChI=1S/C24H29N3O3S/c1-17(2)19-11-13-22(14-12-19)31(28,29)27(21-9-4-5-10-21)16-23-25-24(26-30-23)20-8-6-7-18(3)15-20/h6-8,11-15,17,21H,4-5,9-10,16H2,1-3H3. The second-order valence-electron chi connectivity index (χ2n) is 8.59. The Labute approximate surface area is 184 Å². The Morgan fingerprint density at radius 1 is 1.10 bits per heavy atom. The Hall–Kier alpha value is -2.51. The molecule has 1 aromatic heterocycles. The molecule has 0 amide bonds. The minimum atomic E-state index is -3.68. The van der Waals surface area contributed by atoms with Crippen LogP contribution in [0.15, 0.2) is 57.9 Å². The largest absolute Gasteiger partial charge is 0.338 e. The van der Waals surface area contributed by atoms with E-state index < -0.39 is 10.0 Å². The fraction of sp³-hybridized carbons (Fsp3) is 0.417. The lowest BCUT2D eigenvalue weighted by molar-refractivity contribution is 0.268. The lowest BCUT2D eigenvalue weighted by Crippen LogP contribution is -2.38.